The van der Waals surface area contributed by atoms with E-state index in [4.69, 9.17) is 9.47 Å². The topological polar surface area (TPSA) is 122 Å². The molecule has 4 amide bonds. The molecule has 2 fully saturated rings. The molecule has 0 bridgehead atoms. The van der Waals surface area contributed by atoms with Crippen LogP contribution in [-0.4, -0.2) is 59.1 Å². The largest absolute Gasteiger partial charge is 0.497 e. The van der Waals surface area contributed by atoms with Gasteiger partial charge >= 0.3 is 6.03 Å². The number of hydrogen-bond acceptors (Lipinski definition) is 7. The molecule has 6 rings (SSSR count). The van der Waals surface area contributed by atoms with E-state index < -0.39 is 23.6 Å². The number of ether oxygens (including phenoxy) is 2. The van der Waals surface area contributed by atoms with Crippen LogP contribution in [0.4, 0.5) is 10.6 Å². The zero-order chi connectivity index (χ0) is 22.7. The minimum atomic E-state index is -1.43. The van der Waals surface area contributed by atoms with Crippen molar-refractivity contribution in [3.8, 4) is 11.5 Å². The van der Waals surface area contributed by atoms with Gasteiger partial charge in [0.25, 0.3) is 11.8 Å². The van der Waals surface area contributed by atoms with Crippen LogP contribution in [0.1, 0.15) is 34.5 Å². The molecule has 2 aromatic rings. The molecular formula is C23H23N5O5. The highest BCUT2D eigenvalue weighted by atomic mass is 16.5. The normalized spacial score (nSPS) is 25.3. The van der Waals surface area contributed by atoms with Crippen LogP contribution in [0.3, 0.4) is 0 Å². The van der Waals surface area contributed by atoms with Gasteiger partial charge in [-0.25, -0.2) is 9.78 Å². The highest BCUT2D eigenvalue weighted by Crippen LogP contribution is 2.37. The molecule has 4 heterocycles. The van der Waals surface area contributed by atoms with Crippen LogP contribution in [0.2, 0.25) is 0 Å². The van der Waals surface area contributed by atoms with Gasteiger partial charge in [0, 0.05) is 24.6 Å². The Morgan fingerprint density at radius 1 is 1.24 bits per heavy atom. The minimum absolute atomic E-state index is 0.0216. The number of imide groups is 1. The van der Waals surface area contributed by atoms with Gasteiger partial charge in [-0.15, -0.1) is 0 Å². The smallest absolute Gasteiger partial charge is 0.322 e. The number of methoxy groups -OCH3 is 1. The van der Waals surface area contributed by atoms with Gasteiger partial charge in [0.1, 0.15) is 23.4 Å². The molecule has 2 unspecified atom stereocenters. The highest BCUT2D eigenvalue weighted by molar-refractivity contribution is 6.08. The van der Waals surface area contributed by atoms with Crippen molar-refractivity contribution in [1.29, 1.82) is 0 Å². The molecule has 10 heteroatoms. The molecule has 170 valence electrons. The summed E-state index contributed by atoms with van der Waals surface area (Å²) in [7, 11) is 1.54. The van der Waals surface area contributed by atoms with Gasteiger partial charge in [-0.3, -0.25) is 14.9 Å². The minimum Gasteiger partial charge on any atom is -0.497 e. The number of carbonyl (C=O) groups excluding carboxylic acids is 3. The van der Waals surface area contributed by atoms with Crippen LogP contribution in [0.25, 0.3) is 0 Å². The summed E-state index contributed by atoms with van der Waals surface area (Å²) < 4.78 is 11.4. The van der Waals surface area contributed by atoms with Gasteiger partial charge in [0.15, 0.2) is 5.54 Å². The van der Waals surface area contributed by atoms with E-state index in [1.54, 1.807) is 24.1 Å². The third-order valence-corrected chi connectivity index (χ3v) is 6.66. The lowest BCUT2D eigenvalue weighted by molar-refractivity contribution is -0.127. The molecule has 33 heavy (non-hydrogen) atoms. The Bertz CT molecular complexity index is 1200. The molecule has 2 atom stereocenters. The predicted octanol–water partition coefficient (Wildman–Crippen LogP) is 1.20. The van der Waals surface area contributed by atoms with Crippen molar-refractivity contribution in [2.24, 2.45) is 0 Å². The quantitative estimate of drug-likeness (QED) is 0.567. The molecule has 1 aromatic heterocycles. The van der Waals surface area contributed by atoms with E-state index in [9.17, 15) is 14.4 Å². The first-order chi connectivity index (χ1) is 15.9. The molecular weight excluding hydrogens is 426 g/mol. The average molecular weight is 449 g/mol. The molecule has 1 aliphatic carbocycles. The number of nitrogens with one attached hydrogen (secondary N) is 3. The van der Waals surface area contributed by atoms with Gasteiger partial charge in [0.2, 0.25) is 0 Å². The molecule has 3 N–H and O–H groups in total. The third kappa shape index (κ3) is 3.24. The summed E-state index contributed by atoms with van der Waals surface area (Å²) in [6, 6.07) is 8.87. The summed E-state index contributed by atoms with van der Waals surface area (Å²) in [5, 5.41) is 8.45. The summed E-state index contributed by atoms with van der Waals surface area (Å²) in [5.74, 6) is 1.20. The van der Waals surface area contributed by atoms with Crippen molar-refractivity contribution >= 4 is 23.7 Å². The first kappa shape index (κ1) is 19.8. The maximum Gasteiger partial charge on any atom is 0.322 e. The fourth-order valence-electron chi connectivity index (χ4n) is 4.75. The Morgan fingerprint density at radius 3 is 2.82 bits per heavy atom. The summed E-state index contributed by atoms with van der Waals surface area (Å²) in [4.78, 5) is 44.6. The fourth-order valence-corrected chi connectivity index (χ4v) is 4.75. The van der Waals surface area contributed by atoms with Gasteiger partial charge < -0.3 is 25.0 Å². The summed E-state index contributed by atoms with van der Waals surface area (Å²) in [6.07, 6.45) is 1.90. The molecule has 3 aliphatic heterocycles. The van der Waals surface area contributed by atoms with Crippen molar-refractivity contribution in [3.05, 3.63) is 47.2 Å². The molecule has 0 radical (unpaired) electrons. The van der Waals surface area contributed by atoms with Crippen LogP contribution in [0.5, 0.6) is 11.5 Å². The van der Waals surface area contributed by atoms with Gasteiger partial charge in [-0.1, -0.05) is 6.07 Å². The second-order valence-electron chi connectivity index (χ2n) is 8.93. The van der Waals surface area contributed by atoms with Crippen LogP contribution in [-0.2, 0) is 17.8 Å². The van der Waals surface area contributed by atoms with E-state index in [2.05, 4.69) is 20.9 Å². The van der Waals surface area contributed by atoms with E-state index >= 15 is 0 Å². The average Bonchev–Trinajstić information content (AvgIpc) is 3.31. The standard InChI is InChI=1S/C23H23N5O5/c1-32-14-5-2-12-10-28(20(29)15(12)8-14)11-23(21(30)26-22(31)27-23)18-9-16-17(33-18)6-7-19(25-16)24-13-3-4-13/h2,5-8,13,18H,3-4,9-11H2,1H3,(H,24,25)(H2,26,27,30,31). The van der Waals surface area contributed by atoms with E-state index in [-0.39, 0.29) is 12.5 Å². The predicted molar refractivity (Wildman–Crippen MR) is 116 cm³/mol. The fraction of sp³-hybridized carbons (Fsp3) is 0.391. The number of rotatable bonds is 6. The van der Waals surface area contributed by atoms with Crippen molar-refractivity contribution in [2.45, 2.75) is 43.5 Å². The first-order valence-corrected chi connectivity index (χ1v) is 11.0. The number of carbonyl (C=O) groups is 3. The second-order valence-corrected chi connectivity index (χ2v) is 8.93. The summed E-state index contributed by atoms with van der Waals surface area (Å²) in [5.41, 5.74) is 0.666. The molecule has 1 saturated carbocycles. The van der Waals surface area contributed by atoms with E-state index in [1.807, 2.05) is 18.2 Å². The monoisotopic (exact) mass is 449 g/mol. The maximum atomic E-state index is 13.1. The van der Waals surface area contributed by atoms with Crippen molar-refractivity contribution in [3.63, 3.8) is 0 Å². The SMILES string of the molecule is COc1ccc2c(c1)C(=O)N(CC1(C3Cc4nc(NC5CC5)ccc4O3)NC(=O)NC1=O)C2. The number of benzene rings is 1. The maximum absolute atomic E-state index is 13.1. The Hall–Kier alpha value is -3.82. The Morgan fingerprint density at radius 2 is 2.09 bits per heavy atom. The highest BCUT2D eigenvalue weighted by Gasteiger charge is 2.57. The number of amides is 4. The van der Waals surface area contributed by atoms with Gasteiger partial charge in [-0.05, 0) is 42.7 Å². The number of pyridine rings is 1. The Balaban J connectivity index is 1.27. The van der Waals surface area contributed by atoms with Crippen molar-refractivity contribution in [2.75, 3.05) is 19.0 Å². The zero-order valence-corrected chi connectivity index (χ0v) is 18.0. The van der Waals surface area contributed by atoms with Gasteiger partial charge in [0.05, 0.1) is 19.3 Å². The van der Waals surface area contributed by atoms with Crippen molar-refractivity contribution < 1.29 is 23.9 Å². The van der Waals surface area contributed by atoms with E-state index in [0.29, 0.717) is 36.1 Å². The number of fused-ring (bicyclic) bond motifs is 2. The van der Waals surface area contributed by atoms with Crippen molar-refractivity contribution in [1.82, 2.24) is 20.5 Å². The molecule has 1 aromatic carbocycles. The molecule has 0 spiro atoms. The number of aromatic nitrogens is 1. The van der Waals surface area contributed by atoms with Crippen LogP contribution in [0, 0.1) is 0 Å². The lowest BCUT2D eigenvalue weighted by Gasteiger charge is -2.34. The first-order valence-electron chi connectivity index (χ1n) is 11.0. The number of hydrogen-bond donors (Lipinski definition) is 3. The lowest BCUT2D eigenvalue weighted by Crippen LogP contribution is -2.64. The zero-order valence-electron chi connectivity index (χ0n) is 18.0. The van der Waals surface area contributed by atoms with Crippen LogP contribution >= 0.6 is 0 Å². The van der Waals surface area contributed by atoms with Gasteiger partial charge in [-0.2, -0.15) is 0 Å². The van der Waals surface area contributed by atoms with Crippen LogP contribution in [0.15, 0.2) is 30.3 Å². The molecule has 4 aliphatic rings. The lowest BCUT2D eigenvalue weighted by atomic mass is 9.89. The Kier molecular flexibility index (Phi) is 4.26. The molecule has 1 saturated heterocycles. The van der Waals surface area contributed by atoms with E-state index in [1.165, 1.54) is 0 Å². The summed E-state index contributed by atoms with van der Waals surface area (Å²) >= 11 is 0. The number of anilines is 1. The third-order valence-electron chi connectivity index (χ3n) is 6.66. The Labute approximate surface area is 189 Å². The number of nitrogens with zero attached hydrogens (tertiary/aromatic N) is 2. The molecule has 10 nitrogen and oxygen atoms in total. The summed E-state index contributed by atoms with van der Waals surface area (Å²) in [6.45, 7) is 0.308. The second kappa shape index (κ2) is 7.09. The van der Waals surface area contributed by atoms with Crippen LogP contribution < -0.4 is 25.4 Å². The van der Waals surface area contributed by atoms with E-state index in [0.717, 1.165) is 29.9 Å². The number of urea groups is 1.